The monoisotopic (exact) mass is 385 g/mol. The van der Waals surface area contributed by atoms with Crippen molar-refractivity contribution in [2.24, 2.45) is 0 Å². The Morgan fingerprint density at radius 1 is 1.12 bits per heavy atom. The first kappa shape index (κ1) is 17.5. The summed E-state index contributed by atoms with van der Waals surface area (Å²) in [7, 11) is -3.74. The van der Waals surface area contributed by atoms with Gasteiger partial charge < -0.3 is 4.90 Å². The Bertz CT molecular complexity index is 820. The molecule has 8 heteroatoms. The molecule has 5 nitrogen and oxygen atoms in total. The lowest BCUT2D eigenvalue weighted by molar-refractivity contribution is 0.581. The summed E-state index contributed by atoms with van der Waals surface area (Å²) in [6.45, 7) is 2.18. The molecule has 128 valence electrons. The molecule has 1 aliphatic heterocycles. The Labute approximate surface area is 151 Å². The topological polar surface area (TPSA) is 62.3 Å². The van der Waals surface area contributed by atoms with Crippen molar-refractivity contribution in [3.8, 4) is 0 Å². The molecule has 2 aromatic rings. The van der Waals surface area contributed by atoms with Crippen LogP contribution >= 0.6 is 23.2 Å². The van der Waals surface area contributed by atoms with E-state index in [9.17, 15) is 8.42 Å². The van der Waals surface area contributed by atoms with Gasteiger partial charge in [0.25, 0.3) is 0 Å². The highest BCUT2D eigenvalue weighted by Crippen LogP contribution is 2.28. The van der Waals surface area contributed by atoms with Gasteiger partial charge >= 0.3 is 0 Å². The molecule has 3 rings (SSSR count). The first-order chi connectivity index (χ1) is 11.5. The van der Waals surface area contributed by atoms with E-state index >= 15 is 0 Å². The van der Waals surface area contributed by atoms with Crippen LogP contribution in [0.3, 0.4) is 0 Å². The van der Waals surface area contributed by atoms with E-state index in [0.29, 0.717) is 0 Å². The van der Waals surface area contributed by atoms with Crippen molar-refractivity contribution in [1.82, 2.24) is 9.71 Å². The number of hydrogen-bond donors (Lipinski definition) is 1. The number of halogens is 2. The number of sulfonamides is 1. The van der Waals surface area contributed by atoms with Crippen molar-refractivity contribution in [1.29, 1.82) is 0 Å². The van der Waals surface area contributed by atoms with Crippen molar-refractivity contribution in [3.05, 3.63) is 52.1 Å². The summed E-state index contributed by atoms with van der Waals surface area (Å²) in [5.41, 5.74) is 0.777. The van der Waals surface area contributed by atoms with Crippen LogP contribution in [-0.2, 0) is 16.6 Å². The van der Waals surface area contributed by atoms with Gasteiger partial charge in [0.1, 0.15) is 10.7 Å². The molecule has 1 aromatic carbocycles. The number of aromatic nitrogens is 1. The molecule has 2 heterocycles. The molecule has 1 fully saturated rings. The maximum Gasteiger partial charge on any atom is 0.242 e. The number of hydrogen-bond acceptors (Lipinski definition) is 4. The van der Waals surface area contributed by atoms with E-state index in [-0.39, 0.29) is 21.5 Å². The van der Waals surface area contributed by atoms with E-state index in [0.717, 1.165) is 24.5 Å². The van der Waals surface area contributed by atoms with Crippen molar-refractivity contribution < 1.29 is 8.42 Å². The second-order valence-corrected chi connectivity index (χ2v) is 8.12. The number of rotatable bonds is 5. The van der Waals surface area contributed by atoms with Gasteiger partial charge in [0.05, 0.1) is 10.0 Å². The fourth-order valence-electron chi connectivity index (χ4n) is 2.60. The van der Waals surface area contributed by atoms with Crippen LogP contribution in [0.25, 0.3) is 0 Å². The highest BCUT2D eigenvalue weighted by Gasteiger charge is 2.19. The van der Waals surface area contributed by atoms with Crippen LogP contribution < -0.4 is 9.62 Å². The van der Waals surface area contributed by atoms with Gasteiger partial charge in [-0.3, -0.25) is 0 Å². The molecular formula is C16H17Cl2N3O2S. The third kappa shape index (κ3) is 3.83. The third-order valence-electron chi connectivity index (χ3n) is 3.91. The molecule has 24 heavy (non-hydrogen) atoms. The number of nitrogens with zero attached hydrogens (tertiary/aromatic N) is 2. The number of benzene rings is 1. The average molecular weight is 386 g/mol. The van der Waals surface area contributed by atoms with E-state index < -0.39 is 10.0 Å². The molecular weight excluding hydrogens is 369 g/mol. The van der Waals surface area contributed by atoms with Gasteiger partial charge in [-0.1, -0.05) is 35.3 Å². The van der Waals surface area contributed by atoms with Crippen LogP contribution in [-0.4, -0.2) is 26.5 Å². The summed E-state index contributed by atoms with van der Waals surface area (Å²) in [5, 5.41) is 0.227. The first-order valence-electron chi connectivity index (χ1n) is 7.61. The molecule has 0 aliphatic carbocycles. The second-order valence-electron chi connectivity index (χ2n) is 5.60. The minimum atomic E-state index is -3.74. The summed E-state index contributed by atoms with van der Waals surface area (Å²) in [6, 6.07) is 8.31. The molecule has 0 amide bonds. The normalized spacial score (nSPS) is 15.0. The molecule has 1 N–H and O–H groups in total. The molecule has 0 saturated carbocycles. The maximum atomic E-state index is 12.4. The predicted octanol–water partition coefficient (Wildman–Crippen LogP) is 3.47. The standard InChI is InChI=1S/C16H17Cl2N3O2S/c17-13-4-3-5-14(16(13)18)24(22,23)20-11-12-6-7-15(19-10-12)21-8-1-2-9-21/h3-7,10,20H,1-2,8-9,11H2. The van der Waals surface area contributed by atoms with Crippen molar-refractivity contribution in [2.45, 2.75) is 24.3 Å². The van der Waals surface area contributed by atoms with E-state index in [2.05, 4.69) is 14.6 Å². The Kier molecular flexibility index (Phi) is 5.30. The van der Waals surface area contributed by atoms with Gasteiger partial charge in [-0.15, -0.1) is 0 Å². The van der Waals surface area contributed by atoms with E-state index in [1.54, 1.807) is 18.3 Å². The zero-order valence-electron chi connectivity index (χ0n) is 12.9. The van der Waals surface area contributed by atoms with E-state index in [1.165, 1.54) is 18.9 Å². The van der Waals surface area contributed by atoms with Gasteiger partial charge in [-0.05, 0) is 36.6 Å². The van der Waals surface area contributed by atoms with Gasteiger partial charge in [-0.2, -0.15) is 0 Å². The van der Waals surface area contributed by atoms with Crippen LogP contribution in [0.4, 0.5) is 5.82 Å². The smallest absolute Gasteiger partial charge is 0.242 e. The molecule has 0 bridgehead atoms. The van der Waals surface area contributed by atoms with Gasteiger partial charge in [-0.25, -0.2) is 18.1 Å². The molecule has 0 radical (unpaired) electrons. The van der Waals surface area contributed by atoms with Crippen LogP contribution in [0.2, 0.25) is 10.0 Å². The Balaban J connectivity index is 1.69. The molecule has 0 spiro atoms. The molecule has 1 saturated heterocycles. The second kappa shape index (κ2) is 7.27. The minimum Gasteiger partial charge on any atom is -0.357 e. The molecule has 0 atom stereocenters. The molecule has 1 aromatic heterocycles. The minimum absolute atomic E-state index is 0.0224. The SMILES string of the molecule is O=S(=O)(NCc1ccc(N2CCCC2)nc1)c1cccc(Cl)c1Cl. The van der Waals surface area contributed by atoms with Crippen molar-refractivity contribution in [3.63, 3.8) is 0 Å². The zero-order chi connectivity index (χ0) is 17.2. The quantitative estimate of drug-likeness (QED) is 0.855. The number of anilines is 1. The lowest BCUT2D eigenvalue weighted by Gasteiger charge is -2.16. The van der Waals surface area contributed by atoms with Gasteiger partial charge in [0.2, 0.25) is 10.0 Å². The first-order valence-corrected chi connectivity index (χ1v) is 9.85. The lowest BCUT2D eigenvalue weighted by Crippen LogP contribution is -2.24. The zero-order valence-corrected chi connectivity index (χ0v) is 15.2. The lowest BCUT2D eigenvalue weighted by atomic mass is 10.3. The largest absolute Gasteiger partial charge is 0.357 e. The summed E-state index contributed by atoms with van der Waals surface area (Å²) in [6.07, 6.45) is 4.06. The van der Waals surface area contributed by atoms with Gasteiger partial charge in [0.15, 0.2) is 0 Å². The van der Waals surface area contributed by atoms with Crippen molar-refractivity contribution >= 4 is 39.0 Å². The predicted molar refractivity (Wildman–Crippen MR) is 96.2 cm³/mol. The Morgan fingerprint density at radius 2 is 1.88 bits per heavy atom. The third-order valence-corrected chi connectivity index (χ3v) is 6.29. The van der Waals surface area contributed by atoms with Crippen LogP contribution in [0.15, 0.2) is 41.4 Å². The van der Waals surface area contributed by atoms with E-state index in [4.69, 9.17) is 23.2 Å². The average Bonchev–Trinajstić information content (AvgIpc) is 3.10. The Morgan fingerprint density at radius 3 is 2.54 bits per heavy atom. The fraction of sp³-hybridized carbons (Fsp3) is 0.312. The summed E-state index contributed by atoms with van der Waals surface area (Å²) in [5.74, 6) is 0.928. The van der Waals surface area contributed by atoms with Crippen molar-refractivity contribution in [2.75, 3.05) is 18.0 Å². The summed E-state index contributed by atoms with van der Waals surface area (Å²) in [4.78, 5) is 6.60. The molecule has 1 aliphatic rings. The summed E-state index contributed by atoms with van der Waals surface area (Å²) < 4.78 is 27.3. The highest BCUT2D eigenvalue weighted by atomic mass is 35.5. The van der Waals surface area contributed by atoms with Gasteiger partial charge in [0, 0.05) is 25.8 Å². The van der Waals surface area contributed by atoms with Crippen LogP contribution in [0.5, 0.6) is 0 Å². The molecule has 0 unspecified atom stereocenters. The van der Waals surface area contributed by atoms with E-state index in [1.807, 2.05) is 12.1 Å². The number of pyridine rings is 1. The summed E-state index contributed by atoms with van der Waals surface area (Å²) >= 11 is 11.9. The maximum absolute atomic E-state index is 12.4. The van der Waals surface area contributed by atoms with Crippen LogP contribution in [0, 0.1) is 0 Å². The van der Waals surface area contributed by atoms with Crippen LogP contribution in [0.1, 0.15) is 18.4 Å². The number of nitrogens with one attached hydrogen (secondary N) is 1. The Hall–Kier alpha value is -1.34. The fourth-order valence-corrected chi connectivity index (χ4v) is 4.38. The highest BCUT2D eigenvalue weighted by molar-refractivity contribution is 7.89.